The van der Waals surface area contributed by atoms with Crippen LogP contribution in [0, 0.1) is 0 Å². The number of fused-ring (bicyclic) bond motifs is 3. The molecule has 1 heterocycles. The fourth-order valence-electron chi connectivity index (χ4n) is 1.40. The Morgan fingerprint density at radius 2 is 1.38 bits per heavy atom. The fourth-order valence-corrected chi connectivity index (χ4v) is 1.40. The fraction of sp³-hybridized carbons (Fsp3) is 0. The summed E-state index contributed by atoms with van der Waals surface area (Å²) in [7, 11) is 0. The lowest BCUT2D eigenvalue weighted by atomic mass is 10.2. The van der Waals surface area contributed by atoms with Crippen LogP contribution in [0.15, 0.2) is 48.4 Å². The minimum absolute atomic E-state index is 0.0533. The first-order valence-electron chi connectivity index (χ1n) is 6.90. The largest absolute Gasteiger partial charge is 0.355 e. The van der Waals surface area contributed by atoms with Gasteiger partial charge in [-0.05, 0) is 12.1 Å². The van der Waals surface area contributed by atoms with Crippen molar-refractivity contribution in [1.82, 2.24) is 4.98 Å². The van der Waals surface area contributed by atoms with Gasteiger partial charge in [0.25, 0.3) is 0 Å². The molecule has 0 aliphatic rings. The Morgan fingerprint density at radius 1 is 0.846 bits per heavy atom. The van der Waals surface area contributed by atoms with E-state index >= 15 is 0 Å². The maximum Gasteiger partial charge on any atom is 0.0645 e. The zero-order chi connectivity index (χ0) is 13.9. The minimum Gasteiger partial charge on any atom is -0.355 e. The maximum absolute atomic E-state index is 7.92. The predicted octanol–water partition coefficient (Wildman–Crippen LogP) is 3.32. The molecule has 0 aliphatic carbocycles. The van der Waals surface area contributed by atoms with Crippen molar-refractivity contribution >= 4 is 21.8 Å². The minimum atomic E-state index is -0.0975. The van der Waals surface area contributed by atoms with E-state index in [1.165, 1.54) is 12.1 Å². The van der Waals surface area contributed by atoms with Crippen molar-refractivity contribution in [2.24, 2.45) is 0 Å². The molecule has 1 aromatic heterocycles. The third-order valence-electron chi connectivity index (χ3n) is 1.97. The smallest absolute Gasteiger partial charge is 0.0645 e. The average Bonchev–Trinajstić information content (AvgIpc) is 2.75. The number of benzene rings is 2. The molecule has 0 bridgehead atoms. The lowest BCUT2D eigenvalue weighted by molar-refractivity contribution is 1.55. The standard InChI is InChI=1S/C12H9N/c1-3-7-11-9(5-1)10-6-2-4-8-12(10)13-11/h1-8,13H/i1D,2D,5D,6D,7D,8D. The first-order chi connectivity index (χ1) is 8.91. The van der Waals surface area contributed by atoms with E-state index < -0.39 is 0 Å². The molecule has 0 spiro atoms. The summed E-state index contributed by atoms with van der Waals surface area (Å²) in [6, 6.07) is 2.25. The van der Waals surface area contributed by atoms with E-state index in [9.17, 15) is 0 Å². The van der Waals surface area contributed by atoms with E-state index in [2.05, 4.69) is 4.98 Å². The summed E-state index contributed by atoms with van der Waals surface area (Å²) in [4.78, 5) is 2.87. The van der Waals surface area contributed by atoms with Crippen LogP contribution >= 0.6 is 0 Å². The van der Waals surface area contributed by atoms with Crippen LogP contribution in [0.25, 0.3) is 21.8 Å². The summed E-state index contributed by atoms with van der Waals surface area (Å²) < 4.78 is 46.8. The molecule has 0 radical (unpaired) electrons. The molecule has 1 nitrogen and oxygen atoms in total. The van der Waals surface area contributed by atoms with E-state index in [1.807, 2.05) is 0 Å². The highest BCUT2D eigenvalue weighted by atomic mass is 14.7. The average molecular weight is 173 g/mol. The number of aromatic nitrogens is 1. The van der Waals surface area contributed by atoms with E-state index in [-0.39, 0.29) is 47.0 Å². The molecule has 1 N–H and O–H groups in total. The molecule has 0 saturated heterocycles. The molecule has 3 rings (SSSR count). The first kappa shape index (κ1) is 3.18. The Morgan fingerprint density at radius 3 is 1.92 bits per heavy atom. The summed E-state index contributed by atoms with van der Waals surface area (Å²) in [5, 5.41) is 0.556. The second-order valence-electron chi connectivity index (χ2n) is 2.74. The SMILES string of the molecule is [2H]c1cc([2H])c2[nH]c3c([2H])cc([2H])c([2H])c3c2c1[2H]. The van der Waals surface area contributed by atoms with Gasteiger partial charge in [0.15, 0.2) is 0 Å². The summed E-state index contributed by atoms with van der Waals surface area (Å²) in [6.07, 6.45) is 0. The van der Waals surface area contributed by atoms with Gasteiger partial charge in [-0.2, -0.15) is 0 Å². The summed E-state index contributed by atoms with van der Waals surface area (Å²) in [5.74, 6) is 0. The molecule has 13 heavy (non-hydrogen) atoms. The topological polar surface area (TPSA) is 15.8 Å². The third-order valence-corrected chi connectivity index (χ3v) is 1.97. The summed E-state index contributed by atoms with van der Waals surface area (Å²) >= 11 is 0. The maximum atomic E-state index is 7.92. The number of H-pyrrole nitrogens is 1. The van der Waals surface area contributed by atoms with Crippen LogP contribution in [-0.2, 0) is 0 Å². The molecule has 0 fully saturated rings. The van der Waals surface area contributed by atoms with Crippen molar-refractivity contribution in [1.29, 1.82) is 0 Å². The molecule has 0 aliphatic heterocycles. The van der Waals surface area contributed by atoms with Gasteiger partial charge in [0.2, 0.25) is 0 Å². The Kier molecular flexibility index (Phi) is 0.578. The summed E-state index contributed by atoms with van der Waals surface area (Å²) in [5.41, 5.74) is 0.673. The molecule has 62 valence electrons. The Hall–Kier alpha value is -1.76. The van der Waals surface area contributed by atoms with Crippen molar-refractivity contribution < 1.29 is 8.22 Å². The van der Waals surface area contributed by atoms with Gasteiger partial charge >= 0.3 is 0 Å². The predicted molar refractivity (Wildman–Crippen MR) is 55.8 cm³/mol. The van der Waals surface area contributed by atoms with Crippen LogP contribution in [0.5, 0.6) is 0 Å². The second kappa shape index (κ2) is 2.36. The number of rotatable bonds is 0. The van der Waals surface area contributed by atoms with Crippen molar-refractivity contribution in [2.75, 3.05) is 0 Å². The number of aromatic amines is 1. The van der Waals surface area contributed by atoms with E-state index in [0.717, 1.165) is 0 Å². The number of nitrogens with one attached hydrogen (secondary N) is 1. The van der Waals surface area contributed by atoms with Gasteiger partial charge in [0, 0.05) is 21.8 Å². The van der Waals surface area contributed by atoms with Crippen LogP contribution in [0.4, 0.5) is 0 Å². The van der Waals surface area contributed by atoms with Gasteiger partial charge in [0.1, 0.15) is 0 Å². The van der Waals surface area contributed by atoms with E-state index in [0.29, 0.717) is 11.0 Å². The van der Waals surface area contributed by atoms with Crippen LogP contribution < -0.4 is 0 Å². The highest BCUT2D eigenvalue weighted by Gasteiger charge is 2.00. The monoisotopic (exact) mass is 173 g/mol. The Labute approximate surface area is 84.4 Å². The van der Waals surface area contributed by atoms with E-state index in [4.69, 9.17) is 8.22 Å². The van der Waals surface area contributed by atoms with Gasteiger partial charge in [-0.1, -0.05) is 36.3 Å². The van der Waals surface area contributed by atoms with Gasteiger partial charge in [0.05, 0.1) is 8.22 Å². The quantitative estimate of drug-likeness (QED) is 0.536. The molecule has 0 unspecified atom stereocenters. The molecular formula is C12H9N. The molecule has 0 saturated carbocycles. The molecular weight excluding hydrogens is 158 g/mol. The lowest BCUT2D eigenvalue weighted by Gasteiger charge is -1.87. The van der Waals surface area contributed by atoms with Crippen molar-refractivity contribution in [2.45, 2.75) is 0 Å². The number of hydrogen-bond acceptors (Lipinski definition) is 0. The third kappa shape index (κ3) is 0.872. The Bertz CT molecular complexity index is 767. The zero-order valence-corrected chi connectivity index (χ0v) is 6.65. The van der Waals surface area contributed by atoms with Crippen LogP contribution in [0.2, 0.25) is 0 Å². The lowest BCUT2D eigenvalue weighted by Crippen LogP contribution is -1.62. The van der Waals surface area contributed by atoms with Gasteiger partial charge in [-0.3, -0.25) is 0 Å². The number of hydrogen-bond donors (Lipinski definition) is 1. The van der Waals surface area contributed by atoms with Gasteiger partial charge in [-0.15, -0.1) is 0 Å². The molecule has 1 heteroatoms. The van der Waals surface area contributed by atoms with Crippen LogP contribution in [0.1, 0.15) is 8.22 Å². The first-order valence-corrected chi connectivity index (χ1v) is 3.90. The van der Waals surface area contributed by atoms with Gasteiger partial charge in [-0.25, -0.2) is 0 Å². The van der Waals surface area contributed by atoms with Crippen molar-refractivity contribution in [3.05, 3.63) is 48.4 Å². The highest BCUT2D eigenvalue weighted by molar-refractivity contribution is 6.06. The number of para-hydroxylation sites is 2. The van der Waals surface area contributed by atoms with Gasteiger partial charge < -0.3 is 4.98 Å². The van der Waals surface area contributed by atoms with Crippen molar-refractivity contribution in [3.8, 4) is 0 Å². The zero-order valence-electron chi connectivity index (χ0n) is 12.7. The summed E-state index contributed by atoms with van der Waals surface area (Å²) in [6.45, 7) is 0. The van der Waals surface area contributed by atoms with Crippen LogP contribution in [0.3, 0.4) is 0 Å². The highest BCUT2D eigenvalue weighted by Crippen LogP contribution is 2.24. The molecule has 0 atom stereocenters. The molecule has 3 aromatic rings. The Balaban J connectivity index is 2.71. The second-order valence-corrected chi connectivity index (χ2v) is 2.74. The molecule has 0 amide bonds. The molecule has 2 aromatic carbocycles. The van der Waals surface area contributed by atoms with Crippen molar-refractivity contribution in [3.63, 3.8) is 0 Å². The normalized spacial score (nSPS) is 17.5. The van der Waals surface area contributed by atoms with Crippen LogP contribution in [-0.4, -0.2) is 4.98 Å². The van der Waals surface area contributed by atoms with E-state index in [1.54, 1.807) is 0 Å².